The Bertz CT molecular complexity index is 976. The first kappa shape index (κ1) is 18.3. The number of benzene rings is 1. The highest BCUT2D eigenvalue weighted by atomic mass is 19.1. The number of aromatic nitrogens is 3. The number of hydrogen-bond donors (Lipinski definition) is 0. The van der Waals surface area contributed by atoms with E-state index < -0.39 is 0 Å². The number of carbonyl (C=O) groups excluding carboxylic acids is 1. The van der Waals surface area contributed by atoms with Crippen molar-refractivity contribution in [2.24, 2.45) is 13.0 Å². The Kier molecular flexibility index (Phi) is 5.19. The van der Waals surface area contributed by atoms with Crippen molar-refractivity contribution in [3.63, 3.8) is 0 Å². The predicted octanol–water partition coefficient (Wildman–Crippen LogP) is 3.72. The summed E-state index contributed by atoms with van der Waals surface area (Å²) in [7, 11) is 1.96. The number of pyridine rings is 1. The lowest BCUT2D eigenvalue weighted by atomic mass is 9.91. The average molecular weight is 378 g/mol. The van der Waals surface area contributed by atoms with Crippen LogP contribution in [-0.2, 0) is 13.5 Å². The van der Waals surface area contributed by atoms with E-state index in [0.717, 1.165) is 36.3 Å². The number of rotatable bonds is 4. The minimum Gasteiger partial charge on any atom is -0.339 e. The lowest BCUT2D eigenvalue weighted by molar-refractivity contribution is 0.0689. The Morgan fingerprint density at radius 3 is 2.68 bits per heavy atom. The molecule has 3 aromatic rings. The van der Waals surface area contributed by atoms with Crippen LogP contribution in [-0.4, -0.2) is 38.4 Å². The maximum absolute atomic E-state index is 13.4. The molecule has 1 aromatic carbocycles. The average Bonchev–Trinajstić information content (AvgIpc) is 3.14. The fraction of sp³-hybridized carbons (Fsp3) is 0.318. The number of aryl methyl sites for hydroxylation is 1. The van der Waals surface area contributed by atoms with Crippen LogP contribution in [0.4, 0.5) is 4.39 Å². The maximum atomic E-state index is 13.4. The second kappa shape index (κ2) is 7.92. The molecule has 1 amide bonds. The molecule has 0 unspecified atom stereocenters. The Balaban J connectivity index is 1.37. The van der Waals surface area contributed by atoms with E-state index in [1.165, 1.54) is 12.1 Å². The largest absolute Gasteiger partial charge is 0.339 e. The molecule has 1 aliphatic heterocycles. The highest BCUT2D eigenvalue weighted by Crippen LogP contribution is 2.24. The molecular weight excluding hydrogens is 355 g/mol. The van der Waals surface area contributed by atoms with Gasteiger partial charge in [0.25, 0.3) is 5.91 Å². The fourth-order valence-electron chi connectivity index (χ4n) is 3.78. The summed E-state index contributed by atoms with van der Waals surface area (Å²) in [6, 6.07) is 12.0. The van der Waals surface area contributed by atoms with Crippen molar-refractivity contribution in [2.45, 2.75) is 19.3 Å². The highest BCUT2D eigenvalue weighted by Gasteiger charge is 2.24. The molecule has 0 saturated carbocycles. The highest BCUT2D eigenvalue weighted by molar-refractivity contribution is 5.94. The summed E-state index contributed by atoms with van der Waals surface area (Å²) in [5, 5.41) is 0. The van der Waals surface area contributed by atoms with Gasteiger partial charge in [-0.3, -0.25) is 9.78 Å². The van der Waals surface area contributed by atoms with Crippen LogP contribution in [0.25, 0.3) is 11.4 Å². The Hall–Kier alpha value is -3.02. The lowest BCUT2D eigenvalue weighted by Gasteiger charge is -2.32. The van der Waals surface area contributed by atoms with Crippen molar-refractivity contribution in [1.29, 1.82) is 0 Å². The summed E-state index contributed by atoms with van der Waals surface area (Å²) in [6.07, 6.45) is 6.35. The SMILES string of the molecule is Cn1cncc1-c1cccc(CC2CCN(C(=O)c3cccc(F)c3)CC2)n1. The van der Waals surface area contributed by atoms with E-state index >= 15 is 0 Å². The van der Waals surface area contributed by atoms with E-state index in [1.807, 2.05) is 34.8 Å². The van der Waals surface area contributed by atoms with Gasteiger partial charge in [-0.1, -0.05) is 12.1 Å². The van der Waals surface area contributed by atoms with Gasteiger partial charge in [-0.15, -0.1) is 0 Å². The van der Waals surface area contributed by atoms with Gasteiger partial charge >= 0.3 is 0 Å². The van der Waals surface area contributed by atoms with Gasteiger partial charge < -0.3 is 9.47 Å². The summed E-state index contributed by atoms with van der Waals surface area (Å²) in [5.41, 5.74) is 3.41. The van der Waals surface area contributed by atoms with Crippen LogP contribution in [0.5, 0.6) is 0 Å². The van der Waals surface area contributed by atoms with Gasteiger partial charge in [-0.05, 0) is 55.5 Å². The van der Waals surface area contributed by atoms with E-state index in [2.05, 4.69) is 11.1 Å². The van der Waals surface area contributed by atoms with Crippen LogP contribution in [0.1, 0.15) is 28.9 Å². The predicted molar refractivity (Wildman–Crippen MR) is 105 cm³/mol. The molecule has 0 N–H and O–H groups in total. The van der Waals surface area contributed by atoms with Gasteiger partial charge in [0.15, 0.2) is 0 Å². The third-order valence-electron chi connectivity index (χ3n) is 5.36. The molecule has 0 radical (unpaired) electrons. The third kappa shape index (κ3) is 3.96. The van der Waals surface area contributed by atoms with Crippen molar-refractivity contribution in [3.05, 3.63) is 72.1 Å². The fourth-order valence-corrected chi connectivity index (χ4v) is 3.78. The smallest absolute Gasteiger partial charge is 0.253 e. The number of likely N-dealkylation sites (tertiary alicyclic amines) is 1. The van der Waals surface area contributed by atoms with Crippen molar-refractivity contribution >= 4 is 5.91 Å². The molecule has 0 atom stereocenters. The first-order chi connectivity index (χ1) is 13.6. The van der Waals surface area contributed by atoms with Crippen molar-refractivity contribution in [3.8, 4) is 11.4 Å². The zero-order valence-corrected chi connectivity index (χ0v) is 15.9. The minimum atomic E-state index is -0.375. The number of carbonyl (C=O) groups is 1. The van der Waals surface area contributed by atoms with E-state index in [9.17, 15) is 9.18 Å². The first-order valence-corrected chi connectivity index (χ1v) is 9.57. The summed E-state index contributed by atoms with van der Waals surface area (Å²) < 4.78 is 15.3. The zero-order valence-electron chi connectivity index (χ0n) is 15.9. The molecule has 6 heteroatoms. The second-order valence-corrected chi connectivity index (χ2v) is 7.35. The number of amides is 1. The Morgan fingerprint density at radius 1 is 1.18 bits per heavy atom. The summed E-state index contributed by atoms with van der Waals surface area (Å²) in [6.45, 7) is 1.39. The monoisotopic (exact) mass is 378 g/mol. The van der Waals surface area contributed by atoms with Crippen LogP contribution in [0.15, 0.2) is 55.0 Å². The molecule has 2 aromatic heterocycles. The molecule has 144 valence electrons. The Labute approximate surface area is 163 Å². The minimum absolute atomic E-state index is 0.0886. The van der Waals surface area contributed by atoms with Gasteiger partial charge in [-0.2, -0.15) is 0 Å². The quantitative estimate of drug-likeness (QED) is 0.695. The van der Waals surface area contributed by atoms with Gasteiger partial charge in [0, 0.05) is 31.4 Å². The van der Waals surface area contributed by atoms with Crippen LogP contribution >= 0.6 is 0 Å². The van der Waals surface area contributed by atoms with Crippen molar-refractivity contribution < 1.29 is 9.18 Å². The van der Waals surface area contributed by atoms with E-state index in [4.69, 9.17) is 4.98 Å². The molecular formula is C22H23FN4O. The molecule has 5 nitrogen and oxygen atoms in total. The molecule has 4 rings (SSSR count). The number of halogens is 1. The van der Waals surface area contributed by atoms with E-state index in [1.54, 1.807) is 18.5 Å². The van der Waals surface area contributed by atoms with Gasteiger partial charge in [-0.25, -0.2) is 9.37 Å². The number of imidazole rings is 1. The standard InChI is InChI=1S/C22H23FN4O/c1-26-15-24-14-21(26)20-7-3-6-19(25-20)12-16-8-10-27(11-9-16)22(28)17-4-2-5-18(23)13-17/h2-7,13-16H,8-12H2,1H3. The molecule has 0 aliphatic carbocycles. The number of hydrogen-bond acceptors (Lipinski definition) is 3. The molecule has 0 spiro atoms. The maximum Gasteiger partial charge on any atom is 0.253 e. The first-order valence-electron chi connectivity index (χ1n) is 9.57. The van der Waals surface area contributed by atoms with Crippen LogP contribution in [0, 0.1) is 11.7 Å². The molecule has 3 heterocycles. The second-order valence-electron chi connectivity index (χ2n) is 7.35. The van der Waals surface area contributed by atoms with Crippen LogP contribution < -0.4 is 0 Å². The van der Waals surface area contributed by atoms with E-state index in [-0.39, 0.29) is 11.7 Å². The van der Waals surface area contributed by atoms with Gasteiger partial charge in [0.2, 0.25) is 0 Å². The van der Waals surface area contributed by atoms with E-state index in [0.29, 0.717) is 24.6 Å². The van der Waals surface area contributed by atoms with Gasteiger partial charge in [0.05, 0.1) is 23.9 Å². The number of piperidine rings is 1. The van der Waals surface area contributed by atoms with Gasteiger partial charge in [0.1, 0.15) is 5.82 Å². The molecule has 1 saturated heterocycles. The molecule has 28 heavy (non-hydrogen) atoms. The summed E-state index contributed by atoms with van der Waals surface area (Å²) in [4.78, 5) is 23.3. The summed E-state index contributed by atoms with van der Waals surface area (Å²) in [5.74, 6) is 0.0280. The Morgan fingerprint density at radius 2 is 1.96 bits per heavy atom. The van der Waals surface area contributed by atoms with Crippen LogP contribution in [0.2, 0.25) is 0 Å². The van der Waals surface area contributed by atoms with Crippen molar-refractivity contribution in [2.75, 3.05) is 13.1 Å². The summed E-state index contributed by atoms with van der Waals surface area (Å²) >= 11 is 0. The molecule has 0 bridgehead atoms. The number of nitrogens with zero attached hydrogens (tertiary/aromatic N) is 4. The zero-order chi connectivity index (χ0) is 19.5. The normalized spacial score (nSPS) is 15.0. The van der Waals surface area contributed by atoms with Crippen molar-refractivity contribution in [1.82, 2.24) is 19.4 Å². The topological polar surface area (TPSA) is 51.0 Å². The molecule has 1 fully saturated rings. The van der Waals surface area contributed by atoms with Crippen LogP contribution in [0.3, 0.4) is 0 Å². The lowest BCUT2D eigenvalue weighted by Crippen LogP contribution is -2.39. The third-order valence-corrected chi connectivity index (χ3v) is 5.36. The molecule has 1 aliphatic rings.